The second-order valence-corrected chi connectivity index (χ2v) is 6.10. The Balaban J connectivity index is 0.00000233. The summed E-state index contributed by atoms with van der Waals surface area (Å²) in [7, 11) is 7.82. The predicted molar refractivity (Wildman–Crippen MR) is 123 cm³/mol. The van der Waals surface area contributed by atoms with Crippen LogP contribution >= 0.6 is 0 Å². The summed E-state index contributed by atoms with van der Waals surface area (Å²) >= 11 is 0. The Kier molecular flexibility index (Phi) is 10.8. The van der Waals surface area contributed by atoms with E-state index in [2.05, 4.69) is 5.32 Å². The van der Waals surface area contributed by atoms with Crippen LogP contribution in [0, 0.1) is 6.92 Å². The van der Waals surface area contributed by atoms with Crippen LogP contribution < -0.4 is 29.0 Å². The van der Waals surface area contributed by atoms with E-state index in [1.165, 1.54) is 6.08 Å². The Morgan fingerprint density at radius 1 is 0.839 bits per heavy atom. The van der Waals surface area contributed by atoms with Crippen molar-refractivity contribution in [2.75, 3.05) is 35.5 Å². The molecule has 0 fully saturated rings. The maximum Gasteiger partial charge on any atom is 0.244 e. The van der Waals surface area contributed by atoms with Gasteiger partial charge in [-0.25, -0.2) is 0 Å². The van der Waals surface area contributed by atoms with Crippen molar-refractivity contribution in [1.82, 2.24) is 5.32 Å². The maximum atomic E-state index is 12.3. The first-order valence-corrected chi connectivity index (χ1v) is 9.95. The summed E-state index contributed by atoms with van der Waals surface area (Å²) in [6.45, 7) is 6.22. The van der Waals surface area contributed by atoms with Gasteiger partial charge in [0.2, 0.25) is 11.7 Å². The van der Waals surface area contributed by atoms with E-state index in [4.69, 9.17) is 23.7 Å². The molecule has 1 amide bonds. The molecule has 0 aliphatic carbocycles. The largest absolute Gasteiger partial charge is 0.493 e. The number of nitrogens with one attached hydrogen (secondary N) is 1. The summed E-state index contributed by atoms with van der Waals surface area (Å²) in [4.78, 5) is 12.3. The summed E-state index contributed by atoms with van der Waals surface area (Å²) in [5, 5.41) is 2.85. The van der Waals surface area contributed by atoms with Crippen LogP contribution in [0.25, 0.3) is 6.08 Å². The number of rotatable bonds is 9. The van der Waals surface area contributed by atoms with Crippen LogP contribution in [0.3, 0.4) is 0 Å². The van der Waals surface area contributed by atoms with E-state index in [9.17, 15) is 4.79 Å². The smallest absolute Gasteiger partial charge is 0.244 e. The third-order valence-corrected chi connectivity index (χ3v) is 4.44. The highest BCUT2D eigenvalue weighted by Crippen LogP contribution is 2.38. The second kappa shape index (κ2) is 13.1. The first-order valence-electron chi connectivity index (χ1n) is 9.95. The van der Waals surface area contributed by atoms with Crippen LogP contribution in [0.5, 0.6) is 28.7 Å². The van der Waals surface area contributed by atoms with E-state index >= 15 is 0 Å². The molecule has 0 aliphatic rings. The molecule has 0 unspecified atom stereocenters. The Labute approximate surface area is 184 Å². The molecule has 0 atom stereocenters. The minimum Gasteiger partial charge on any atom is -0.493 e. The zero-order valence-corrected chi connectivity index (χ0v) is 19.6. The van der Waals surface area contributed by atoms with Gasteiger partial charge in [0.1, 0.15) is 0 Å². The number of methoxy groups -OCH3 is 5. The molecular weight excluding hydrogens is 398 g/mol. The fourth-order valence-corrected chi connectivity index (χ4v) is 2.93. The fraction of sp³-hybridized carbons (Fsp3) is 0.375. The maximum absolute atomic E-state index is 12.3. The topological polar surface area (TPSA) is 75.3 Å². The van der Waals surface area contributed by atoms with Gasteiger partial charge in [-0.05, 0) is 42.3 Å². The van der Waals surface area contributed by atoms with E-state index < -0.39 is 0 Å². The molecule has 0 aliphatic heterocycles. The van der Waals surface area contributed by atoms with Crippen LogP contribution in [0.4, 0.5) is 0 Å². The molecule has 0 bridgehead atoms. The molecule has 2 aromatic rings. The highest BCUT2D eigenvalue weighted by Gasteiger charge is 2.13. The van der Waals surface area contributed by atoms with Gasteiger partial charge in [-0.3, -0.25) is 4.79 Å². The lowest BCUT2D eigenvalue weighted by atomic mass is 10.1. The van der Waals surface area contributed by atoms with E-state index in [-0.39, 0.29) is 5.91 Å². The third-order valence-electron chi connectivity index (χ3n) is 4.44. The molecule has 31 heavy (non-hydrogen) atoms. The standard InChI is InChI=1S/C22H27NO6.C2H6/c1-14-16(7-9-17(25-2)21(14)28-5)8-10-20(24)23-13-15-11-18(26-3)22(29-6)19(12-15)27-4;1-2/h7-12H,13H2,1-6H3,(H,23,24);1-2H3/b10-8+;. The molecular formula is C24H33NO6. The minimum atomic E-state index is -0.229. The highest BCUT2D eigenvalue weighted by molar-refractivity contribution is 5.92. The first kappa shape index (κ1) is 25.7. The van der Waals surface area contributed by atoms with Crippen molar-refractivity contribution in [1.29, 1.82) is 0 Å². The van der Waals surface area contributed by atoms with Crippen LogP contribution in [-0.2, 0) is 11.3 Å². The van der Waals surface area contributed by atoms with Gasteiger partial charge in [0.15, 0.2) is 23.0 Å². The van der Waals surface area contributed by atoms with Crippen molar-refractivity contribution in [2.24, 2.45) is 0 Å². The van der Waals surface area contributed by atoms with Gasteiger partial charge in [0.05, 0.1) is 35.5 Å². The van der Waals surface area contributed by atoms with Gasteiger partial charge in [-0.2, -0.15) is 0 Å². The van der Waals surface area contributed by atoms with Crippen LogP contribution in [0.2, 0.25) is 0 Å². The summed E-state index contributed by atoms with van der Waals surface area (Å²) in [5.41, 5.74) is 2.58. The predicted octanol–water partition coefficient (Wildman–Crippen LogP) is 4.39. The molecule has 0 aromatic heterocycles. The summed E-state index contributed by atoms with van der Waals surface area (Å²) in [6.07, 6.45) is 3.22. The van der Waals surface area contributed by atoms with E-state index in [0.717, 1.165) is 16.7 Å². The average Bonchev–Trinajstić information content (AvgIpc) is 2.81. The van der Waals surface area contributed by atoms with Gasteiger partial charge >= 0.3 is 0 Å². The first-order chi connectivity index (χ1) is 15.0. The van der Waals surface area contributed by atoms with Gasteiger partial charge in [0, 0.05) is 18.2 Å². The van der Waals surface area contributed by atoms with Crippen molar-refractivity contribution < 1.29 is 28.5 Å². The number of ether oxygens (including phenoxy) is 5. The SMILES string of the molecule is CC.COc1cc(CNC(=O)/C=C/c2ccc(OC)c(OC)c2C)cc(OC)c1OC. The number of hydrogen-bond donors (Lipinski definition) is 1. The molecule has 2 rings (SSSR count). The number of benzene rings is 2. The van der Waals surface area contributed by atoms with Gasteiger partial charge in [-0.1, -0.05) is 19.9 Å². The third kappa shape index (κ3) is 6.57. The van der Waals surface area contributed by atoms with E-state index in [0.29, 0.717) is 35.3 Å². The number of carbonyl (C=O) groups is 1. The van der Waals surface area contributed by atoms with E-state index in [1.807, 2.05) is 26.8 Å². The quantitative estimate of drug-likeness (QED) is 0.594. The molecule has 7 heteroatoms. The molecule has 0 spiro atoms. The highest BCUT2D eigenvalue weighted by atomic mass is 16.5. The minimum absolute atomic E-state index is 0.229. The Hall–Kier alpha value is -3.35. The monoisotopic (exact) mass is 431 g/mol. The zero-order valence-electron chi connectivity index (χ0n) is 19.6. The molecule has 2 aromatic carbocycles. The molecule has 1 N–H and O–H groups in total. The summed E-state index contributed by atoms with van der Waals surface area (Å²) < 4.78 is 26.6. The van der Waals surface area contributed by atoms with Crippen molar-refractivity contribution in [3.05, 3.63) is 47.0 Å². The summed E-state index contributed by atoms with van der Waals surface area (Å²) in [5.74, 6) is 2.64. The number of hydrogen-bond acceptors (Lipinski definition) is 6. The van der Waals surface area contributed by atoms with Crippen molar-refractivity contribution >= 4 is 12.0 Å². The Bertz CT molecular complexity index is 867. The van der Waals surface area contributed by atoms with Crippen molar-refractivity contribution in [3.63, 3.8) is 0 Å². The average molecular weight is 432 g/mol. The lowest BCUT2D eigenvalue weighted by molar-refractivity contribution is -0.116. The molecule has 0 heterocycles. The zero-order chi connectivity index (χ0) is 23.4. The molecule has 0 radical (unpaired) electrons. The molecule has 0 saturated heterocycles. The van der Waals surface area contributed by atoms with Gasteiger partial charge in [-0.15, -0.1) is 0 Å². The lowest BCUT2D eigenvalue weighted by Crippen LogP contribution is -2.20. The van der Waals surface area contributed by atoms with Crippen LogP contribution in [-0.4, -0.2) is 41.5 Å². The van der Waals surface area contributed by atoms with Crippen molar-refractivity contribution in [2.45, 2.75) is 27.3 Å². The lowest BCUT2D eigenvalue weighted by Gasteiger charge is -2.14. The van der Waals surface area contributed by atoms with Gasteiger partial charge < -0.3 is 29.0 Å². The number of carbonyl (C=O) groups excluding carboxylic acids is 1. The Morgan fingerprint density at radius 3 is 1.87 bits per heavy atom. The second-order valence-electron chi connectivity index (χ2n) is 6.10. The number of amides is 1. The van der Waals surface area contributed by atoms with Crippen LogP contribution in [0.1, 0.15) is 30.5 Å². The van der Waals surface area contributed by atoms with Crippen LogP contribution in [0.15, 0.2) is 30.3 Å². The normalized spacial score (nSPS) is 10.1. The fourth-order valence-electron chi connectivity index (χ4n) is 2.93. The van der Waals surface area contributed by atoms with E-state index in [1.54, 1.807) is 59.8 Å². The van der Waals surface area contributed by atoms with Crippen molar-refractivity contribution in [3.8, 4) is 28.7 Å². The summed E-state index contributed by atoms with van der Waals surface area (Å²) in [6, 6.07) is 7.27. The molecule has 170 valence electrons. The Morgan fingerprint density at radius 2 is 1.39 bits per heavy atom. The molecule has 7 nitrogen and oxygen atoms in total. The van der Waals surface area contributed by atoms with Gasteiger partial charge in [0.25, 0.3) is 0 Å². The molecule has 0 saturated carbocycles.